The molecule has 4 rings (SSSR count). The van der Waals surface area contributed by atoms with Gasteiger partial charge in [-0.1, -0.05) is 99.0 Å². The van der Waals surface area contributed by atoms with Crippen LogP contribution in [0.3, 0.4) is 0 Å². The number of urea groups is 1. The van der Waals surface area contributed by atoms with Crippen molar-refractivity contribution >= 4 is 17.6 Å². The molecule has 1 fully saturated rings. The molecule has 206 valence electrons. The molecule has 0 aliphatic carbocycles. The number of carbonyl (C=O) groups excluding carboxylic acids is 2. The highest BCUT2D eigenvalue weighted by Gasteiger charge is 2.27. The van der Waals surface area contributed by atoms with Crippen molar-refractivity contribution in [3.05, 3.63) is 102 Å². The summed E-state index contributed by atoms with van der Waals surface area (Å²) in [6, 6.07) is 28.6. The standard InChI is InChI=1S/C33H42N4O2/c1-2-3-4-13-22-34-33(39)36-30-19-12-11-18-29(30)32(38)35-25-26-20-23-37(24-21-26)31(27-14-7-5-8-15-27)28-16-9-6-10-17-28/h5-12,14-19,26,31H,2-4,13,20-25H2,1H3,(H,35,38)(H2,34,36,39). The van der Waals surface area contributed by atoms with E-state index in [2.05, 4.69) is 88.4 Å². The quantitative estimate of drug-likeness (QED) is 0.232. The van der Waals surface area contributed by atoms with Crippen LogP contribution in [0.4, 0.5) is 10.5 Å². The molecule has 3 N–H and O–H groups in total. The van der Waals surface area contributed by atoms with Gasteiger partial charge in [0.2, 0.25) is 0 Å². The molecule has 1 heterocycles. The molecule has 1 aliphatic heterocycles. The molecule has 0 aromatic heterocycles. The summed E-state index contributed by atoms with van der Waals surface area (Å²) in [5, 5.41) is 8.87. The SMILES string of the molecule is CCCCCCNC(=O)Nc1ccccc1C(=O)NCC1CCN(C(c2ccccc2)c2ccccc2)CC1. The lowest BCUT2D eigenvalue weighted by atomic mass is 9.91. The zero-order valence-corrected chi connectivity index (χ0v) is 23.1. The number of piperidine rings is 1. The van der Waals surface area contributed by atoms with Gasteiger partial charge in [0.1, 0.15) is 0 Å². The maximum absolute atomic E-state index is 13.1. The molecular formula is C33H42N4O2. The first-order chi connectivity index (χ1) is 19.2. The average molecular weight is 527 g/mol. The van der Waals surface area contributed by atoms with Crippen molar-refractivity contribution in [3.63, 3.8) is 0 Å². The van der Waals surface area contributed by atoms with Crippen LogP contribution in [0, 0.1) is 5.92 Å². The van der Waals surface area contributed by atoms with E-state index in [-0.39, 0.29) is 18.0 Å². The third-order valence-corrected chi connectivity index (χ3v) is 7.53. The number of anilines is 1. The van der Waals surface area contributed by atoms with E-state index < -0.39 is 0 Å². The largest absolute Gasteiger partial charge is 0.352 e. The Morgan fingerprint density at radius 1 is 0.795 bits per heavy atom. The van der Waals surface area contributed by atoms with Gasteiger partial charge in [-0.3, -0.25) is 9.69 Å². The van der Waals surface area contributed by atoms with Crippen molar-refractivity contribution in [2.75, 3.05) is 31.5 Å². The lowest BCUT2D eigenvalue weighted by Crippen LogP contribution is -2.40. The van der Waals surface area contributed by atoms with E-state index in [1.807, 2.05) is 12.1 Å². The van der Waals surface area contributed by atoms with Gasteiger partial charge in [-0.05, 0) is 61.5 Å². The maximum atomic E-state index is 13.1. The van der Waals surface area contributed by atoms with Gasteiger partial charge in [-0.15, -0.1) is 0 Å². The monoisotopic (exact) mass is 526 g/mol. The third kappa shape index (κ3) is 8.42. The summed E-state index contributed by atoms with van der Waals surface area (Å²) in [5.74, 6) is 0.270. The molecular weight excluding hydrogens is 484 g/mol. The normalized spacial score (nSPS) is 14.2. The summed E-state index contributed by atoms with van der Waals surface area (Å²) in [6.45, 7) is 5.38. The smallest absolute Gasteiger partial charge is 0.319 e. The summed E-state index contributed by atoms with van der Waals surface area (Å²) in [5.41, 5.74) is 3.64. The predicted molar refractivity (Wildman–Crippen MR) is 159 cm³/mol. The maximum Gasteiger partial charge on any atom is 0.319 e. The van der Waals surface area contributed by atoms with E-state index in [9.17, 15) is 9.59 Å². The fourth-order valence-corrected chi connectivity index (χ4v) is 5.34. The number of carbonyl (C=O) groups is 2. The lowest BCUT2D eigenvalue weighted by Gasteiger charge is -2.38. The minimum atomic E-state index is -0.273. The van der Waals surface area contributed by atoms with Crippen LogP contribution in [-0.2, 0) is 0 Å². The molecule has 0 atom stereocenters. The zero-order valence-electron chi connectivity index (χ0n) is 23.1. The summed E-state index contributed by atoms with van der Waals surface area (Å²) in [7, 11) is 0. The minimum Gasteiger partial charge on any atom is -0.352 e. The number of amides is 3. The molecule has 0 saturated carbocycles. The number of benzene rings is 3. The molecule has 3 amide bonds. The summed E-state index contributed by atoms with van der Waals surface area (Å²) >= 11 is 0. The Bertz CT molecular complexity index is 1120. The molecule has 6 nitrogen and oxygen atoms in total. The Labute approximate surface area is 233 Å². The van der Waals surface area contributed by atoms with Crippen LogP contribution < -0.4 is 16.0 Å². The van der Waals surface area contributed by atoms with Gasteiger partial charge in [0.15, 0.2) is 0 Å². The van der Waals surface area contributed by atoms with E-state index in [4.69, 9.17) is 0 Å². The van der Waals surface area contributed by atoms with Crippen molar-refractivity contribution in [3.8, 4) is 0 Å². The van der Waals surface area contributed by atoms with E-state index in [1.165, 1.54) is 17.5 Å². The Hall–Kier alpha value is -3.64. The number of hydrogen-bond donors (Lipinski definition) is 3. The first-order valence-corrected chi connectivity index (χ1v) is 14.4. The lowest BCUT2D eigenvalue weighted by molar-refractivity contribution is 0.0931. The molecule has 0 radical (unpaired) electrons. The highest BCUT2D eigenvalue weighted by atomic mass is 16.2. The van der Waals surface area contributed by atoms with Gasteiger partial charge in [0.05, 0.1) is 17.3 Å². The van der Waals surface area contributed by atoms with Crippen LogP contribution in [0.5, 0.6) is 0 Å². The van der Waals surface area contributed by atoms with Gasteiger partial charge < -0.3 is 16.0 Å². The summed E-state index contributed by atoms with van der Waals surface area (Å²) < 4.78 is 0. The molecule has 3 aromatic carbocycles. The van der Waals surface area contributed by atoms with Crippen molar-refractivity contribution in [1.82, 2.24) is 15.5 Å². The minimum absolute atomic E-state index is 0.150. The zero-order chi connectivity index (χ0) is 27.3. The van der Waals surface area contributed by atoms with Crippen molar-refractivity contribution < 1.29 is 9.59 Å². The third-order valence-electron chi connectivity index (χ3n) is 7.53. The Balaban J connectivity index is 1.28. The van der Waals surface area contributed by atoms with E-state index in [1.54, 1.807) is 12.1 Å². The molecule has 3 aromatic rings. The van der Waals surface area contributed by atoms with Gasteiger partial charge >= 0.3 is 6.03 Å². The number of nitrogens with zero attached hydrogens (tertiary/aromatic N) is 1. The highest BCUT2D eigenvalue weighted by Crippen LogP contribution is 2.32. The molecule has 6 heteroatoms. The topological polar surface area (TPSA) is 73.5 Å². The summed E-state index contributed by atoms with van der Waals surface area (Å²) in [4.78, 5) is 28.0. The number of para-hydroxylation sites is 1. The van der Waals surface area contributed by atoms with Gasteiger partial charge in [-0.2, -0.15) is 0 Å². The fraction of sp³-hybridized carbons (Fsp3) is 0.394. The fourth-order valence-electron chi connectivity index (χ4n) is 5.34. The number of unbranched alkanes of at least 4 members (excludes halogenated alkanes) is 3. The number of nitrogens with one attached hydrogen (secondary N) is 3. The summed E-state index contributed by atoms with van der Waals surface area (Å²) in [6.07, 6.45) is 6.45. The first-order valence-electron chi connectivity index (χ1n) is 14.4. The molecule has 0 unspecified atom stereocenters. The van der Waals surface area contributed by atoms with E-state index >= 15 is 0 Å². The second-order valence-electron chi connectivity index (χ2n) is 10.4. The van der Waals surface area contributed by atoms with Gasteiger partial charge in [0, 0.05) is 13.1 Å². The molecule has 1 aliphatic rings. The Kier molecular flexibility index (Phi) is 11.0. The average Bonchev–Trinajstić information content (AvgIpc) is 2.98. The van der Waals surface area contributed by atoms with Crippen LogP contribution in [0.25, 0.3) is 0 Å². The molecule has 1 saturated heterocycles. The second-order valence-corrected chi connectivity index (χ2v) is 10.4. The first kappa shape index (κ1) is 28.4. The predicted octanol–water partition coefficient (Wildman–Crippen LogP) is 6.62. The van der Waals surface area contributed by atoms with Crippen LogP contribution in [-0.4, -0.2) is 43.0 Å². The van der Waals surface area contributed by atoms with E-state index in [0.717, 1.165) is 45.2 Å². The number of rotatable bonds is 12. The number of hydrogen-bond acceptors (Lipinski definition) is 3. The van der Waals surface area contributed by atoms with Crippen LogP contribution in [0.15, 0.2) is 84.9 Å². The molecule has 0 bridgehead atoms. The number of likely N-dealkylation sites (tertiary alicyclic amines) is 1. The van der Waals surface area contributed by atoms with Crippen molar-refractivity contribution in [2.24, 2.45) is 5.92 Å². The van der Waals surface area contributed by atoms with Gasteiger partial charge in [0.25, 0.3) is 5.91 Å². The second kappa shape index (κ2) is 15.1. The Morgan fingerprint density at radius 3 is 2.05 bits per heavy atom. The Morgan fingerprint density at radius 2 is 1.41 bits per heavy atom. The van der Waals surface area contributed by atoms with Crippen molar-refractivity contribution in [2.45, 2.75) is 51.5 Å². The van der Waals surface area contributed by atoms with Crippen LogP contribution >= 0.6 is 0 Å². The van der Waals surface area contributed by atoms with Crippen LogP contribution in [0.2, 0.25) is 0 Å². The molecule has 0 spiro atoms. The highest BCUT2D eigenvalue weighted by molar-refractivity contribution is 6.03. The molecule has 39 heavy (non-hydrogen) atoms. The van der Waals surface area contributed by atoms with Crippen molar-refractivity contribution in [1.29, 1.82) is 0 Å². The van der Waals surface area contributed by atoms with Gasteiger partial charge in [-0.25, -0.2) is 4.79 Å². The van der Waals surface area contributed by atoms with E-state index in [0.29, 0.717) is 30.3 Å². The van der Waals surface area contributed by atoms with Crippen LogP contribution in [0.1, 0.15) is 73.0 Å².